The Morgan fingerprint density at radius 2 is 1.08 bits per heavy atom. The zero-order valence-corrected chi connectivity index (χ0v) is 37.5. The molecular formula is C44H39ClN14O4S2. The summed E-state index contributed by atoms with van der Waals surface area (Å²) < 4.78 is 49.1. The van der Waals surface area contributed by atoms with Crippen LogP contribution in [0.3, 0.4) is 0 Å². The van der Waals surface area contributed by atoms with Crippen LogP contribution in [0, 0.1) is 22.7 Å². The van der Waals surface area contributed by atoms with E-state index in [-0.39, 0.29) is 49.6 Å². The molecule has 0 aliphatic carbocycles. The first-order chi connectivity index (χ1) is 30.9. The molecule has 65 heavy (non-hydrogen) atoms. The number of nitrogens with one attached hydrogen (secondary N) is 1. The summed E-state index contributed by atoms with van der Waals surface area (Å²) in [6.07, 6.45) is 8.19. The highest BCUT2D eigenvalue weighted by molar-refractivity contribution is 7.91. The minimum atomic E-state index is -3.51. The van der Waals surface area contributed by atoms with Crippen LogP contribution in [0.5, 0.6) is 0 Å². The molecule has 7 N–H and O–H groups in total. The van der Waals surface area contributed by atoms with Crippen molar-refractivity contribution < 1.29 is 16.8 Å². The first-order valence-corrected chi connectivity index (χ1v) is 23.4. The van der Waals surface area contributed by atoms with Gasteiger partial charge >= 0.3 is 0 Å². The molecule has 0 aliphatic rings. The lowest BCUT2D eigenvalue weighted by Gasteiger charge is -2.20. The second-order valence-electron chi connectivity index (χ2n) is 14.3. The van der Waals surface area contributed by atoms with Crippen molar-refractivity contribution in [1.82, 2.24) is 39.9 Å². The average Bonchev–Trinajstić information content (AvgIpc) is 3.28. The second-order valence-corrected chi connectivity index (χ2v) is 18.6. The maximum Gasteiger partial charge on any atom is 0.176 e. The van der Waals surface area contributed by atoms with Crippen LogP contribution in [0.15, 0.2) is 120 Å². The van der Waals surface area contributed by atoms with Gasteiger partial charge in [-0.05, 0) is 67.9 Å². The topological polar surface area (TPSA) is 309 Å². The zero-order valence-electron chi connectivity index (χ0n) is 35.1. The van der Waals surface area contributed by atoms with Crippen LogP contribution >= 0.6 is 11.6 Å². The van der Waals surface area contributed by atoms with Gasteiger partial charge in [-0.15, -0.1) is 0 Å². The summed E-state index contributed by atoms with van der Waals surface area (Å²) in [6.45, 7) is 3.70. The molecule has 2 aromatic carbocycles. The molecule has 0 saturated heterocycles. The molecule has 18 nitrogen and oxygen atoms in total. The van der Waals surface area contributed by atoms with Crippen LogP contribution < -0.4 is 22.5 Å². The number of benzene rings is 2. The van der Waals surface area contributed by atoms with E-state index in [1.54, 1.807) is 79.1 Å². The van der Waals surface area contributed by atoms with Gasteiger partial charge in [0, 0.05) is 47.6 Å². The summed E-state index contributed by atoms with van der Waals surface area (Å²) in [5.74, 6) is 0.455. The number of fused-ring (bicyclic) bond motifs is 2. The normalized spacial score (nSPS) is 12.1. The molecule has 8 rings (SSSR count). The highest BCUT2D eigenvalue weighted by Crippen LogP contribution is 2.36. The Morgan fingerprint density at radius 3 is 1.54 bits per heavy atom. The second kappa shape index (κ2) is 19.7. The molecule has 328 valence electrons. The highest BCUT2D eigenvalue weighted by atomic mass is 35.5. The summed E-state index contributed by atoms with van der Waals surface area (Å²) in [7, 11) is -6.88. The first kappa shape index (κ1) is 46.7. The fraction of sp³-hybridized carbons (Fsp3) is 0.136. The van der Waals surface area contributed by atoms with Gasteiger partial charge in [-0.25, -0.2) is 46.7 Å². The van der Waals surface area contributed by atoms with E-state index in [1.807, 2.05) is 44.2 Å². The number of aromatic nitrogens is 8. The van der Waals surface area contributed by atoms with Crippen molar-refractivity contribution in [2.24, 2.45) is 5.73 Å². The number of nitrogens with zero attached hydrogens (tertiary/aromatic N) is 10. The van der Waals surface area contributed by atoms with E-state index in [0.29, 0.717) is 44.6 Å². The molecule has 2 unspecified atom stereocenters. The van der Waals surface area contributed by atoms with Gasteiger partial charge in [0.05, 0.1) is 49.3 Å². The van der Waals surface area contributed by atoms with E-state index in [4.69, 9.17) is 39.0 Å². The van der Waals surface area contributed by atoms with Gasteiger partial charge in [0.2, 0.25) is 0 Å². The molecule has 0 saturated carbocycles. The Bertz CT molecular complexity index is 3380. The Hall–Kier alpha value is -7.75. The molecule has 0 spiro atoms. The number of sulfone groups is 2. The van der Waals surface area contributed by atoms with E-state index in [0.717, 1.165) is 11.1 Å². The number of nitrogen functional groups attached to an aromatic ring is 2. The number of anilines is 3. The third-order valence-electron chi connectivity index (χ3n) is 9.55. The molecule has 6 heterocycles. The quantitative estimate of drug-likeness (QED) is 0.119. The zero-order chi connectivity index (χ0) is 47.1. The maximum absolute atomic E-state index is 12.5. The average molecular weight is 927 g/mol. The number of nitrogens with two attached hydrogens (primary N) is 3. The fourth-order valence-electron chi connectivity index (χ4n) is 6.49. The SMILES string of the molecule is CC(N)c1cc2ncccc2nc1-c1ccccc1S(C)(=O)=O.CC(Nc1ncnc(N)c1C#N)c1cc2ncccc2nc1-c1ccccc1S(C)(=O)=O.N#Cc1c(N)ncnc1Cl. The van der Waals surface area contributed by atoms with E-state index < -0.39 is 25.7 Å². The Balaban J connectivity index is 0.000000184. The van der Waals surface area contributed by atoms with Gasteiger partial charge in [0.25, 0.3) is 0 Å². The monoisotopic (exact) mass is 926 g/mol. The molecule has 21 heteroatoms. The van der Waals surface area contributed by atoms with Crippen molar-refractivity contribution in [1.29, 1.82) is 10.5 Å². The van der Waals surface area contributed by atoms with Gasteiger partial charge in [-0.1, -0.05) is 48.0 Å². The van der Waals surface area contributed by atoms with Crippen LogP contribution in [-0.2, 0) is 19.7 Å². The van der Waals surface area contributed by atoms with Gasteiger partial charge < -0.3 is 22.5 Å². The lowest BCUT2D eigenvalue weighted by molar-refractivity contribution is 0.600. The van der Waals surface area contributed by atoms with Crippen LogP contribution in [-0.4, -0.2) is 69.2 Å². The van der Waals surface area contributed by atoms with Crippen molar-refractivity contribution in [2.75, 3.05) is 29.3 Å². The minimum Gasteiger partial charge on any atom is -0.382 e. The molecule has 2 atom stereocenters. The molecule has 0 bridgehead atoms. The maximum atomic E-state index is 12.5. The number of hydrogen-bond donors (Lipinski definition) is 4. The van der Waals surface area contributed by atoms with Crippen LogP contribution in [0.1, 0.15) is 48.2 Å². The van der Waals surface area contributed by atoms with E-state index in [1.165, 1.54) is 25.2 Å². The van der Waals surface area contributed by atoms with Gasteiger partial charge in [-0.3, -0.25) is 9.97 Å². The minimum absolute atomic E-state index is 0.0677. The van der Waals surface area contributed by atoms with E-state index >= 15 is 0 Å². The van der Waals surface area contributed by atoms with Gasteiger partial charge in [0.1, 0.15) is 53.4 Å². The molecule has 0 radical (unpaired) electrons. The largest absolute Gasteiger partial charge is 0.382 e. The Labute approximate surface area is 379 Å². The van der Waals surface area contributed by atoms with Gasteiger partial charge in [0.15, 0.2) is 24.8 Å². The Morgan fingerprint density at radius 1 is 0.615 bits per heavy atom. The number of pyridine rings is 4. The summed E-state index contributed by atoms with van der Waals surface area (Å²) in [5.41, 5.74) is 23.7. The predicted molar refractivity (Wildman–Crippen MR) is 248 cm³/mol. The van der Waals surface area contributed by atoms with Crippen molar-refractivity contribution >= 4 is 70.8 Å². The number of rotatable bonds is 8. The van der Waals surface area contributed by atoms with Crippen molar-refractivity contribution in [3.8, 4) is 34.7 Å². The first-order valence-electron chi connectivity index (χ1n) is 19.2. The molecule has 8 aromatic rings. The standard InChI is InChI=1S/C22H19N7O2S.C17H17N3O2S.C5H3ClN4/c1-13(28-22-16(11-23)21(24)26-12-27-22)15-10-18-17(7-5-9-25-18)29-20(15)14-6-3-4-8-19(14)32(2,30)31;1-11(18)13-10-15-14(7-5-9-19-15)20-17(13)12-6-3-4-8-16(12)23(2,21)22;6-4-3(1-7)5(8)10-2-9-4/h3-10,12-13H,1-2H3,(H3,24,26,27,28);3-11H,18H2,1-2H3;2H,(H2,8,9,10). The Kier molecular flexibility index (Phi) is 14.2. The van der Waals surface area contributed by atoms with Gasteiger partial charge in [-0.2, -0.15) is 10.5 Å². The number of hydrogen-bond acceptors (Lipinski definition) is 18. The lowest BCUT2D eigenvalue weighted by atomic mass is 9.99. The van der Waals surface area contributed by atoms with Crippen LogP contribution in [0.2, 0.25) is 5.15 Å². The fourth-order valence-corrected chi connectivity index (χ4v) is 8.45. The lowest BCUT2D eigenvalue weighted by Crippen LogP contribution is -2.13. The van der Waals surface area contributed by atoms with E-state index in [2.05, 4.69) is 40.2 Å². The molecule has 6 aromatic heterocycles. The number of nitriles is 2. The van der Waals surface area contributed by atoms with Crippen LogP contribution in [0.25, 0.3) is 44.6 Å². The molecule has 0 fully saturated rings. The molecule has 0 amide bonds. The van der Waals surface area contributed by atoms with Crippen LogP contribution in [0.4, 0.5) is 17.5 Å². The van der Waals surface area contributed by atoms with Crippen molar-refractivity contribution in [3.05, 3.63) is 137 Å². The summed E-state index contributed by atoms with van der Waals surface area (Å²) >= 11 is 5.48. The predicted octanol–water partition coefficient (Wildman–Crippen LogP) is 6.42. The third-order valence-corrected chi connectivity index (χ3v) is 12.1. The van der Waals surface area contributed by atoms with E-state index in [9.17, 15) is 22.1 Å². The molecular weight excluding hydrogens is 888 g/mol. The smallest absolute Gasteiger partial charge is 0.176 e. The summed E-state index contributed by atoms with van der Waals surface area (Å²) in [4.78, 5) is 33.6. The summed E-state index contributed by atoms with van der Waals surface area (Å²) in [6, 6.07) is 27.6. The third kappa shape index (κ3) is 10.7. The van der Waals surface area contributed by atoms with Crippen molar-refractivity contribution in [3.63, 3.8) is 0 Å². The van der Waals surface area contributed by atoms with Crippen molar-refractivity contribution in [2.45, 2.75) is 35.7 Å². The number of halogens is 1. The summed E-state index contributed by atoms with van der Waals surface area (Å²) in [5, 5.41) is 21.1. The molecule has 0 aliphatic heterocycles. The highest BCUT2D eigenvalue weighted by Gasteiger charge is 2.23.